The summed E-state index contributed by atoms with van der Waals surface area (Å²) in [7, 11) is 0. The van der Waals surface area contributed by atoms with E-state index in [2.05, 4.69) is 10.6 Å². The van der Waals surface area contributed by atoms with Crippen molar-refractivity contribution in [2.24, 2.45) is 0 Å². The molecular weight excluding hydrogens is 293 g/mol. The lowest BCUT2D eigenvalue weighted by atomic mass is 10.2. The first-order valence-electron chi connectivity index (χ1n) is 6.07. The number of rotatable bonds is 4. The number of halogens is 2. The van der Waals surface area contributed by atoms with Gasteiger partial charge < -0.3 is 10.6 Å². The number of hydrogen-bond acceptors (Lipinski definition) is 3. The number of nitrogens with zero attached hydrogens (tertiary/aromatic N) is 1. The first kappa shape index (κ1) is 14.8. The highest BCUT2D eigenvalue weighted by atomic mass is 35.5. The van der Waals surface area contributed by atoms with Crippen LogP contribution in [-0.4, -0.2) is 12.5 Å². The van der Waals surface area contributed by atoms with Crippen LogP contribution in [0.5, 0.6) is 0 Å². The van der Waals surface area contributed by atoms with Gasteiger partial charge >= 0.3 is 0 Å². The smallest absolute Gasteiger partial charge is 0.243 e. The van der Waals surface area contributed by atoms with E-state index in [9.17, 15) is 9.18 Å². The summed E-state index contributed by atoms with van der Waals surface area (Å²) < 4.78 is 13.2. The molecule has 0 saturated carbocycles. The van der Waals surface area contributed by atoms with Gasteiger partial charge in [0.05, 0.1) is 12.1 Å². The zero-order valence-electron chi connectivity index (χ0n) is 10.9. The van der Waals surface area contributed by atoms with Gasteiger partial charge in [0.15, 0.2) is 0 Å². The minimum Gasteiger partial charge on any atom is -0.376 e. The molecule has 0 heterocycles. The van der Waals surface area contributed by atoms with Gasteiger partial charge in [-0.2, -0.15) is 5.26 Å². The maximum atomic E-state index is 13.2. The van der Waals surface area contributed by atoms with E-state index in [-0.39, 0.29) is 18.0 Å². The van der Waals surface area contributed by atoms with E-state index in [4.69, 9.17) is 16.9 Å². The Bertz CT molecular complexity index is 712. The van der Waals surface area contributed by atoms with Crippen molar-refractivity contribution in [1.82, 2.24) is 0 Å². The lowest BCUT2D eigenvalue weighted by Crippen LogP contribution is -2.21. The molecule has 106 valence electrons. The van der Waals surface area contributed by atoms with Crippen LogP contribution in [0.4, 0.5) is 15.8 Å². The lowest BCUT2D eigenvalue weighted by molar-refractivity contribution is -0.114. The zero-order chi connectivity index (χ0) is 15.2. The van der Waals surface area contributed by atoms with E-state index < -0.39 is 5.82 Å². The van der Waals surface area contributed by atoms with E-state index in [1.54, 1.807) is 30.3 Å². The normalized spacial score (nSPS) is 9.76. The van der Waals surface area contributed by atoms with E-state index >= 15 is 0 Å². The summed E-state index contributed by atoms with van der Waals surface area (Å²) in [6.45, 7) is -0.0109. The highest BCUT2D eigenvalue weighted by Gasteiger charge is 2.05. The number of amides is 1. The number of anilines is 2. The van der Waals surface area contributed by atoms with Crippen LogP contribution < -0.4 is 10.6 Å². The number of carbonyl (C=O) groups is 1. The Morgan fingerprint density at radius 1 is 1.24 bits per heavy atom. The molecular formula is C15H11ClFN3O. The SMILES string of the molecule is N#Cc1cc(NCC(=O)Nc2cccc(Cl)c2)ccc1F. The van der Waals surface area contributed by atoms with Crippen molar-refractivity contribution in [3.05, 3.63) is 58.9 Å². The summed E-state index contributed by atoms with van der Waals surface area (Å²) in [6.07, 6.45) is 0. The van der Waals surface area contributed by atoms with Gasteiger partial charge in [-0.05, 0) is 36.4 Å². The Morgan fingerprint density at radius 3 is 2.76 bits per heavy atom. The Morgan fingerprint density at radius 2 is 2.05 bits per heavy atom. The van der Waals surface area contributed by atoms with Crippen LogP contribution in [0, 0.1) is 17.1 Å². The van der Waals surface area contributed by atoms with Crippen molar-refractivity contribution in [3.63, 3.8) is 0 Å². The fourth-order valence-electron chi connectivity index (χ4n) is 1.67. The van der Waals surface area contributed by atoms with Gasteiger partial charge in [0.1, 0.15) is 11.9 Å². The van der Waals surface area contributed by atoms with Crippen LogP contribution in [0.25, 0.3) is 0 Å². The second-order valence-corrected chi connectivity index (χ2v) is 4.65. The summed E-state index contributed by atoms with van der Waals surface area (Å²) in [5.74, 6) is -0.869. The minimum atomic E-state index is -0.591. The van der Waals surface area contributed by atoms with Crippen LogP contribution in [0.1, 0.15) is 5.56 Å². The molecule has 0 spiro atoms. The summed E-state index contributed by atoms with van der Waals surface area (Å²) in [4.78, 5) is 11.8. The average Bonchev–Trinajstić information content (AvgIpc) is 2.46. The molecule has 0 saturated heterocycles. The summed E-state index contributed by atoms with van der Waals surface area (Å²) in [5.41, 5.74) is 1.01. The highest BCUT2D eigenvalue weighted by Crippen LogP contribution is 2.15. The Balaban J connectivity index is 1.94. The molecule has 2 rings (SSSR count). The van der Waals surface area contributed by atoms with Gasteiger partial charge in [0, 0.05) is 16.4 Å². The van der Waals surface area contributed by atoms with Crippen LogP contribution in [0.3, 0.4) is 0 Å². The largest absolute Gasteiger partial charge is 0.376 e. The van der Waals surface area contributed by atoms with Gasteiger partial charge in [-0.15, -0.1) is 0 Å². The molecule has 0 unspecified atom stereocenters. The Labute approximate surface area is 126 Å². The topological polar surface area (TPSA) is 64.9 Å². The van der Waals surface area contributed by atoms with E-state index in [0.29, 0.717) is 16.4 Å². The third kappa shape index (κ3) is 4.20. The van der Waals surface area contributed by atoms with Gasteiger partial charge in [-0.25, -0.2) is 4.39 Å². The van der Waals surface area contributed by atoms with Gasteiger partial charge in [0.25, 0.3) is 0 Å². The fourth-order valence-corrected chi connectivity index (χ4v) is 1.86. The standard InChI is InChI=1S/C15H11ClFN3O/c16-11-2-1-3-13(7-11)20-15(21)9-19-12-4-5-14(17)10(6-12)8-18/h1-7,19H,9H2,(H,20,21). The van der Waals surface area contributed by atoms with Gasteiger partial charge in [0.2, 0.25) is 5.91 Å². The number of nitrogens with one attached hydrogen (secondary N) is 2. The van der Waals surface area contributed by atoms with Crippen molar-refractivity contribution < 1.29 is 9.18 Å². The van der Waals surface area contributed by atoms with Crippen molar-refractivity contribution >= 4 is 28.9 Å². The molecule has 4 nitrogen and oxygen atoms in total. The van der Waals surface area contributed by atoms with Gasteiger partial charge in [-0.3, -0.25) is 4.79 Å². The molecule has 1 amide bonds. The summed E-state index contributed by atoms with van der Waals surface area (Å²) in [6, 6.07) is 12.5. The highest BCUT2D eigenvalue weighted by molar-refractivity contribution is 6.30. The molecule has 0 aromatic heterocycles. The molecule has 0 aliphatic rings. The molecule has 2 aromatic carbocycles. The summed E-state index contributed by atoms with van der Waals surface area (Å²) in [5, 5.41) is 14.7. The number of hydrogen-bond donors (Lipinski definition) is 2. The molecule has 2 aromatic rings. The predicted octanol–water partition coefficient (Wildman–Crippen LogP) is 3.40. The van der Waals surface area contributed by atoms with E-state index in [1.807, 2.05) is 0 Å². The summed E-state index contributed by atoms with van der Waals surface area (Å²) >= 11 is 5.82. The molecule has 0 atom stereocenters. The first-order chi connectivity index (χ1) is 10.1. The average molecular weight is 304 g/mol. The maximum Gasteiger partial charge on any atom is 0.243 e. The molecule has 0 fully saturated rings. The third-order valence-corrected chi connectivity index (χ3v) is 2.88. The quantitative estimate of drug-likeness (QED) is 0.910. The van der Waals surface area contributed by atoms with Crippen molar-refractivity contribution in [2.45, 2.75) is 0 Å². The first-order valence-corrected chi connectivity index (χ1v) is 6.45. The predicted molar refractivity (Wildman–Crippen MR) is 79.7 cm³/mol. The monoisotopic (exact) mass is 303 g/mol. The number of carbonyl (C=O) groups excluding carboxylic acids is 1. The van der Waals surface area contributed by atoms with Crippen LogP contribution in [0.2, 0.25) is 5.02 Å². The molecule has 2 N–H and O–H groups in total. The minimum absolute atomic E-state index is 0.0109. The molecule has 0 aliphatic heterocycles. The molecule has 0 aliphatic carbocycles. The van der Waals surface area contributed by atoms with Crippen LogP contribution >= 0.6 is 11.6 Å². The third-order valence-electron chi connectivity index (χ3n) is 2.65. The van der Waals surface area contributed by atoms with Crippen molar-refractivity contribution in [2.75, 3.05) is 17.2 Å². The fraction of sp³-hybridized carbons (Fsp3) is 0.0667. The van der Waals surface area contributed by atoms with E-state index in [1.165, 1.54) is 18.2 Å². The Hall–Kier alpha value is -2.58. The molecule has 0 radical (unpaired) electrons. The molecule has 6 heteroatoms. The zero-order valence-corrected chi connectivity index (χ0v) is 11.6. The van der Waals surface area contributed by atoms with Crippen molar-refractivity contribution in [1.29, 1.82) is 5.26 Å². The second kappa shape index (κ2) is 6.73. The Kier molecular flexibility index (Phi) is 4.75. The van der Waals surface area contributed by atoms with Gasteiger partial charge in [-0.1, -0.05) is 17.7 Å². The van der Waals surface area contributed by atoms with Crippen LogP contribution in [-0.2, 0) is 4.79 Å². The van der Waals surface area contributed by atoms with Crippen molar-refractivity contribution in [3.8, 4) is 6.07 Å². The molecule has 0 bridgehead atoms. The maximum absolute atomic E-state index is 13.2. The molecule has 21 heavy (non-hydrogen) atoms. The number of benzene rings is 2. The van der Waals surface area contributed by atoms with Crippen LogP contribution in [0.15, 0.2) is 42.5 Å². The lowest BCUT2D eigenvalue weighted by Gasteiger charge is -2.08. The second-order valence-electron chi connectivity index (χ2n) is 4.22. The van der Waals surface area contributed by atoms with E-state index in [0.717, 1.165) is 0 Å². The number of nitriles is 1.